The van der Waals surface area contributed by atoms with Gasteiger partial charge in [-0.2, -0.15) is 18.2 Å². The van der Waals surface area contributed by atoms with Crippen molar-refractivity contribution in [2.45, 2.75) is 53.3 Å². The third-order valence-corrected chi connectivity index (χ3v) is 4.56. The highest BCUT2D eigenvalue weighted by Crippen LogP contribution is 2.27. The lowest BCUT2D eigenvalue weighted by atomic mass is 10.1. The molecule has 0 fully saturated rings. The van der Waals surface area contributed by atoms with Gasteiger partial charge in [-0.15, -0.1) is 5.10 Å². The van der Waals surface area contributed by atoms with Crippen molar-refractivity contribution >= 4 is 11.7 Å². The number of fused-ring (bicyclic) bond motifs is 1. The largest absolute Gasteiger partial charge is 0.461 e. The van der Waals surface area contributed by atoms with Gasteiger partial charge in [0.2, 0.25) is 0 Å². The van der Waals surface area contributed by atoms with Crippen LogP contribution in [0.15, 0.2) is 18.2 Å². The predicted octanol–water partition coefficient (Wildman–Crippen LogP) is 4.05. The van der Waals surface area contributed by atoms with E-state index < -0.39 is 18.0 Å². The number of alkyl halides is 3. The second kappa shape index (κ2) is 7.81. The van der Waals surface area contributed by atoms with Gasteiger partial charge in [-0.25, -0.2) is 9.50 Å². The van der Waals surface area contributed by atoms with Crippen LogP contribution in [-0.2, 0) is 28.7 Å². The predicted molar refractivity (Wildman–Crippen MR) is 99.3 cm³/mol. The van der Waals surface area contributed by atoms with Crippen molar-refractivity contribution in [2.75, 3.05) is 0 Å². The monoisotopic (exact) mass is 406 g/mol. The quantitative estimate of drug-likeness (QED) is 0.598. The highest BCUT2D eigenvalue weighted by molar-refractivity contribution is 5.69. The van der Waals surface area contributed by atoms with E-state index in [0.29, 0.717) is 17.0 Å². The number of carbonyl (C=O) groups is 1. The SMILES string of the molecule is Cc1cc(C)cc(COC(=O)CCc2c(C)nc3nc(C(F)(F)F)nn3c2C)c1. The zero-order valence-corrected chi connectivity index (χ0v) is 16.6. The van der Waals surface area contributed by atoms with Gasteiger partial charge in [0.25, 0.3) is 11.6 Å². The Bertz CT molecular complexity index is 1050. The molecule has 1 aromatic carbocycles. The molecule has 0 atom stereocenters. The van der Waals surface area contributed by atoms with Crippen LogP contribution in [0.5, 0.6) is 0 Å². The Balaban J connectivity index is 1.70. The van der Waals surface area contributed by atoms with Crippen molar-refractivity contribution in [3.8, 4) is 0 Å². The van der Waals surface area contributed by atoms with Gasteiger partial charge in [0, 0.05) is 17.8 Å². The number of aromatic nitrogens is 4. The Labute approximate surface area is 165 Å². The average molecular weight is 406 g/mol. The summed E-state index contributed by atoms with van der Waals surface area (Å²) in [5.41, 5.74) is 4.73. The van der Waals surface area contributed by atoms with Crippen LogP contribution in [0.25, 0.3) is 5.78 Å². The molecule has 3 aromatic rings. The molecular formula is C20H21F3N4O2. The summed E-state index contributed by atoms with van der Waals surface area (Å²) in [5, 5.41) is 3.51. The fourth-order valence-electron chi connectivity index (χ4n) is 3.31. The van der Waals surface area contributed by atoms with Crippen LogP contribution in [0.4, 0.5) is 13.2 Å². The van der Waals surface area contributed by atoms with Crippen molar-refractivity contribution in [1.82, 2.24) is 19.6 Å². The molecule has 6 nitrogen and oxygen atoms in total. The number of hydrogen-bond donors (Lipinski definition) is 0. The summed E-state index contributed by atoms with van der Waals surface area (Å²) < 4.78 is 45.0. The number of benzene rings is 1. The fraction of sp³-hybridized carbons (Fsp3) is 0.400. The summed E-state index contributed by atoms with van der Waals surface area (Å²) in [6.07, 6.45) is -4.28. The van der Waals surface area contributed by atoms with Crippen LogP contribution in [-0.4, -0.2) is 25.6 Å². The first kappa shape index (κ1) is 20.8. The van der Waals surface area contributed by atoms with Crippen molar-refractivity contribution in [2.24, 2.45) is 0 Å². The van der Waals surface area contributed by atoms with E-state index in [1.54, 1.807) is 13.8 Å². The minimum Gasteiger partial charge on any atom is -0.461 e. The summed E-state index contributed by atoms with van der Waals surface area (Å²) in [6.45, 7) is 7.43. The molecule has 9 heteroatoms. The van der Waals surface area contributed by atoms with Gasteiger partial charge in [-0.1, -0.05) is 29.3 Å². The lowest BCUT2D eigenvalue weighted by Crippen LogP contribution is -2.11. The number of ether oxygens (including phenoxy) is 1. The molecule has 2 aromatic heterocycles. The Morgan fingerprint density at radius 2 is 1.72 bits per heavy atom. The van der Waals surface area contributed by atoms with Gasteiger partial charge in [-0.05, 0) is 45.2 Å². The number of aryl methyl sites for hydroxylation is 4. The molecule has 29 heavy (non-hydrogen) atoms. The zero-order valence-electron chi connectivity index (χ0n) is 16.6. The van der Waals surface area contributed by atoms with Crippen LogP contribution in [0.3, 0.4) is 0 Å². The molecule has 154 valence electrons. The minimum atomic E-state index is -4.65. The summed E-state index contributed by atoms with van der Waals surface area (Å²) in [7, 11) is 0. The summed E-state index contributed by atoms with van der Waals surface area (Å²) in [5.74, 6) is -1.75. The number of halogens is 3. The first-order valence-corrected chi connectivity index (χ1v) is 9.07. The van der Waals surface area contributed by atoms with Gasteiger partial charge in [-0.3, -0.25) is 4.79 Å². The molecule has 0 radical (unpaired) electrons. The van der Waals surface area contributed by atoms with E-state index in [9.17, 15) is 18.0 Å². The van der Waals surface area contributed by atoms with E-state index in [2.05, 4.69) is 15.1 Å². The molecule has 0 saturated carbocycles. The smallest absolute Gasteiger partial charge is 0.453 e. The Kier molecular flexibility index (Phi) is 5.59. The number of carbonyl (C=O) groups excluding carboxylic acids is 1. The third-order valence-electron chi connectivity index (χ3n) is 4.56. The maximum Gasteiger partial charge on any atom is 0.453 e. The van der Waals surface area contributed by atoms with E-state index in [0.717, 1.165) is 21.2 Å². The van der Waals surface area contributed by atoms with Crippen LogP contribution < -0.4 is 0 Å². The van der Waals surface area contributed by atoms with Gasteiger partial charge >= 0.3 is 12.1 Å². The normalized spacial score (nSPS) is 11.8. The number of rotatable bonds is 5. The van der Waals surface area contributed by atoms with E-state index in [1.165, 1.54) is 0 Å². The molecule has 0 saturated heterocycles. The Morgan fingerprint density at radius 1 is 1.07 bits per heavy atom. The van der Waals surface area contributed by atoms with E-state index in [1.807, 2.05) is 32.0 Å². The van der Waals surface area contributed by atoms with Gasteiger partial charge < -0.3 is 4.74 Å². The summed E-state index contributed by atoms with van der Waals surface area (Å²) >= 11 is 0. The molecule has 0 bridgehead atoms. The minimum absolute atomic E-state index is 0.0838. The van der Waals surface area contributed by atoms with Crippen molar-refractivity contribution in [1.29, 1.82) is 0 Å². The number of hydrogen-bond acceptors (Lipinski definition) is 5. The van der Waals surface area contributed by atoms with Crippen molar-refractivity contribution in [3.63, 3.8) is 0 Å². The second-order valence-electron chi connectivity index (χ2n) is 7.06. The number of esters is 1. The molecule has 0 amide bonds. The second-order valence-corrected chi connectivity index (χ2v) is 7.06. The molecule has 2 heterocycles. The van der Waals surface area contributed by atoms with Crippen molar-refractivity contribution < 1.29 is 22.7 Å². The highest BCUT2D eigenvalue weighted by Gasteiger charge is 2.36. The average Bonchev–Trinajstić information content (AvgIpc) is 3.03. The number of nitrogens with zero attached hydrogens (tertiary/aromatic N) is 4. The molecule has 0 N–H and O–H groups in total. The zero-order chi connectivity index (χ0) is 21.3. The molecule has 0 aliphatic heterocycles. The van der Waals surface area contributed by atoms with Gasteiger partial charge in [0.15, 0.2) is 0 Å². The molecule has 0 spiro atoms. The molecule has 0 unspecified atom stereocenters. The molecule has 0 aliphatic carbocycles. The van der Waals surface area contributed by atoms with Crippen molar-refractivity contribution in [3.05, 3.63) is 57.7 Å². The fourth-order valence-corrected chi connectivity index (χ4v) is 3.31. The molecule has 3 rings (SSSR count). The van der Waals surface area contributed by atoms with Crippen LogP contribution in [0.1, 0.15) is 45.9 Å². The van der Waals surface area contributed by atoms with Crippen LogP contribution in [0.2, 0.25) is 0 Å². The van der Waals surface area contributed by atoms with E-state index in [-0.39, 0.29) is 25.2 Å². The molecule has 0 aliphatic rings. The first-order valence-electron chi connectivity index (χ1n) is 9.07. The van der Waals surface area contributed by atoms with E-state index in [4.69, 9.17) is 4.74 Å². The standard InChI is InChI=1S/C20H21F3N4O2/c1-11-7-12(2)9-15(8-11)10-29-17(28)6-5-16-13(3)24-19-25-18(20(21,22)23)26-27(19)14(16)4/h7-9H,5-6,10H2,1-4H3. The van der Waals surface area contributed by atoms with Gasteiger partial charge in [0.1, 0.15) is 6.61 Å². The van der Waals surface area contributed by atoms with Crippen LogP contribution in [0, 0.1) is 27.7 Å². The van der Waals surface area contributed by atoms with E-state index >= 15 is 0 Å². The lowest BCUT2D eigenvalue weighted by molar-refractivity contribution is -0.145. The summed E-state index contributed by atoms with van der Waals surface area (Å²) in [4.78, 5) is 19.7. The topological polar surface area (TPSA) is 69.4 Å². The Hall–Kier alpha value is -2.97. The van der Waals surface area contributed by atoms with Crippen LogP contribution >= 0.6 is 0 Å². The Morgan fingerprint density at radius 3 is 2.34 bits per heavy atom. The molecular weight excluding hydrogens is 385 g/mol. The van der Waals surface area contributed by atoms with Gasteiger partial charge in [0.05, 0.1) is 0 Å². The third kappa shape index (κ3) is 4.72. The maximum absolute atomic E-state index is 12.9. The maximum atomic E-state index is 12.9. The first-order chi connectivity index (χ1) is 13.5. The summed E-state index contributed by atoms with van der Waals surface area (Å²) in [6, 6.07) is 5.94. The lowest BCUT2D eigenvalue weighted by Gasteiger charge is -2.11. The highest BCUT2D eigenvalue weighted by atomic mass is 19.4.